The van der Waals surface area contributed by atoms with Crippen molar-refractivity contribution < 1.29 is 9.53 Å². The van der Waals surface area contributed by atoms with Crippen LogP contribution in [0.3, 0.4) is 0 Å². The van der Waals surface area contributed by atoms with Crippen molar-refractivity contribution in [2.45, 2.75) is 6.61 Å². The molecule has 4 rings (SSSR count). The predicted octanol–water partition coefficient (Wildman–Crippen LogP) is 7.34. The molecule has 1 amide bonds. The number of ether oxygens (including phenoxy) is 1. The van der Waals surface area contributed by atoms with Crippen molar-refractivity contribution in [3.05, 3.63) is 96.7 Å². The number of carbonyl (C=O) groups is 1. The summed E-state index contributed by atoms with van der Waals surface area (Å²) >= 11 is 14.3. The number of carbonyl (C=O) groups excluding carboxylic acids is 1. The molecule has 0 aromatic heterocycles. The third-order valence-electron chi connectivity index (χ3n) is 4.26. The van der Waals surface area contributed by atoms with Gasteiger partial charge in [0.05, 0.1) is 15.1 Å². The first-order valence-electron chi connectivity index (χ1n) is 9.19. The van der Waals surface area contributed by atoms with Crippen LogP contribution in [0.4, 0.5) is 5.69 Å². The summed E-state index contributed by atoms with van der Waals surface area (Å²) in [6, 6.07) is 20.9. The molecule has 0 atom stereocenters. The Morgan fingerprint density at radius 3 is 2.55 bits per heavy atom. The molecule has 31 heavy (non-hydrogen) atoms. The SMILES string of the molecule is O=C1NC(=Nc2ccc(Cl)cc2)S/C1=C\c1cc(Br)cc(Br)c1OCc1ccccc1. The van der Waals surface area contributed by atoms with Crippen LogP contribution in [0.2, 0.25) is 5.02 Å². The van der Waals surface area contributed by atoms with E-state index in [1.165, 1.54) is 11.8 Å². The smallest absolute Gasteiger partial charge is 0.264 e. The molecule has 0 bridgehead atoms. The van der Waals surface area contributed by atoms with E-state index in [1.807, 2.05) is 42.5 Å². The Kier molecular flexibility index (Phi) is 7.17. The Hall–Kier alpha value is -2.06. The van der Waals surface area contributed by atoms with Gasteiger partial charge in [0.25, 0.3) is 5.91 Å². The monoisotopic (exact) mass is 576 g/mol. The number of benzene rings is 3. The highest BCUT2D eigenvalue weighted by Gasteiger charge is 2.24. The van der Waals surface area contributed by atoms with Gasteiger partial charge in [-0.1, -0.05) is 57.9 Å². The lowest BCUT2D eigenvalue weighted by Crippen LogP contribution is -2.19. The maximum Gasteiger partial charge on any atom is 0.264 e. The third kappa shape index (κ3) is 5.80. The van der Waals surface area contributed by atoms with E-state index in [4.69, 9.17) is 16.3 Å². The highest BCUT2D eigenvalue weighted by atomic mass is 79.9. The standard InChI is InChI=1S/C23H15Br2ClN2O2S/c24-16-10-15(21(19(25)12-16)30-13-14-4-2-1-3-5-14)11-20-22(29)28-23(31-20)27-18-8-6-17(26)7-9-18/h1-12H,13H2,(H,27,28,29)/b20-11-. The molecule has 156 valence electrons. The van der Waals surface area contributed by atoms with Crippen molar-refractivity contribution in [3.8, 4) is 5.75 Å². The predicted molar refractivity (Wildman–Crippen MR) is 135 cm³/mol. The Morgan fingerprint density at radius 1 is 1.06 bits per heavy atom. The minimum atomic E-state index is -0.206. The van der Waals surface area contributed by atoms with Crippen molar-refractivity contribution >= 4 is 78.1 Å². The van der Waals surface area contributed by atoms with E-state index in [-0.39, 0.29) is 5.91 Å². The second kappa shape index (κ2) is 10.0. The molecule has 1 fully saturated rings. The fourth-order valence-electron chi connectivity index (χ4n) is 2.82. The summed E-state index contributed by atoms with van der Waals surface area (Å²) in [6.45, 7) is 0.417. The molecule has 1 aliphatic heterocycles. The Bertz CT molecular complexity index is 1180. The lowest BCUT2D eigenvalue weighted by molar-refractivity contribution is -0.115. The number of aliphatic imine (C=N–C) groups is 1. The second-order valence-corrected chi connectivity index (χ2v) is 9.78. The molecule has 0 spiro atoms. The van der Waals surface area contributed by atoms with Gasteiger partial charge in [-0.05, 0) is 75.7 Å². The fraction of sp³-hybridized carbons (Fsp3) is 0.0435. The molecular formula is C23H15Br2ClN2O2S. The van der Waals surface area contributed by atoms with Crippen molar-refractivity contribution in [2.24, 2.45) is 4.99 Å². The van der Waals surface area contributed by atoms with E-state index in [1.54, 1.807) is 30.3 Å². The topological polar surface area (TPSA) is 50.7 Å². The van der Waals surface area contributed by atoms with Gasteiger partial charge in [0.2, 0.25) is 0 Å². The largest absolute Gasteiger partial charge is 0.487 e. The van der Waals surface area contributed by atoms with E-state index in [9.17, 15) is 4.79 Å². The molecule has 0 unspecified atom stereocenters. The molecule has 0 saturated carbocycles. The van der Waals surface area contributed by atoms with Gasteiger partial charge in [0.15, 0.2) is 5.17 Å². The Morgan fingerprint density at radius 2 is 1.81 bits per heavy atom. The van der Waals surface area contributed by atoms with Gasteiger partial charge in [-0.25, -0.2) is 4.99 Å². The van der Waals surface area contributed by atoms with Crippen LogP contribution < -0.4 is 10.1 Å². The summed E-state index contributed by atoms with van der Waals surface area (Å²) in [5.74, 6) is 0.457. The van der Waals surface area contributed by atoms with Crippen LogP contribution in [0.15, 0.2) is 85.6 Å². The zero-order valence-corrected chi connectivity index (χ0v) is 20.7. The number of hydrogen-bond donors (Lipinski definition) is 1. The fourth-order valence-corrected chi connectivity index (χ4v) is 5.16. The van der Waals surface area contributed by atoms with Crippen LogP contribution >= 0.6 is 55.2 Å². The minimum absolute atomic E-state index is 0.206. The van der Waals surface area contributed by atoms with Gasteiger partial charge in [-0.2, -0.15) is 0 Å². The van der Waals surface area contributed by atoms with Crippen LogP contribution in [0.5, 0.6) is 5.75 Å². The van der Waals surface area contributed by atoms with Gasteiger partial charge < -0.3 is 10.1 Å². The number of amides is 1. The Balaban J connectivity index is 1.60. The number of rotatable bonds is 5. The quantitative estimate of drug-likeness (QED) is 0.323. The van der Waals surface area contributed by atoms with Crippen LogP contribution in [0.1, 0.15) is 11.1 Å². The van der Waals surface area contributed by atoms with Crippen LogP contribution in [0, 0.1) is 0 Å². The average molecular weight is 579 g/mol. The van der Waals surface area contributed by atoms with E-state index >= 15 is 0 Å². The maximum absolute atomic E-state index is 12.5. The third-order valence-corrected chi connectivity index (χ3v) is 6.47. The average Bonchev–Trinajstić information content (AvgIpc) is 3.08. The summed E-state index contributed by atoms with van der Waals surface area (Å²) in [4.78, 5) is 17.5. The van der Waals surface area contributed by atoms with E-state index in [2.05, 4.69) is 42.2 Å². The molecule has 0 radical (unpaired) electrons. The summed E-state index contributed by atoms with van der Waals surface area (Å²) in [5, 5.41) is 3.95. The molecule has 4 nitrogen and oxygen atoms in total. The van der Waals surface area contributed by atoms with Gasteiger partial charge >= 0.3 is 0 Å². The van der Waals surface area contributed by atoms with Gasteiger partial charge in [0, 0.05) is 15.1 Å². The summed E-state index contributed by atoms with van der Waals surface area (Å²) in [5.41, 5.74) is 2.55. The van der Waals surface area contributed by atoms with Crippen LogP contribution in [0.25, 0.3) is 6.08 Å². The first kappa shape index (κ1) is 22.1. The number of nitrogens with zero attached hydrogens (tertiary/aromatic N) is 1. The molecular weight excluding hydrogens is 564 g/mol. The summed E-state index contributed by atoms with van der Waals surface area (Å²) in [7, 11) is 0. The molecule has 1 saturated heterocycles. The second-order valence-electron chi connectivity index (χ2n) is 6.54. The zero-order valence-electron chi connectivity index (χ0n) is 15.9. The lowest BCUT2D eigenvalue weighted by Gasteiger charge is -2.12. The van der Waals surface area contributed by atoms with Crippen molar-refractivity contribution in [3.63, 3.8) is 0 Å². The van der Waals surface area contributed by atoms with Crippen LogP contribution in [-0.4, -0.2) is 11.1 Å². The number of amidine groups is 1. The molecule has 1 aliphatic rings. The van der Waals surface area contributed by atoms with Crippen molar-refractivity contribution in [1.29, 1.82) is 0 Å². The van der Waals surface area contributed by atoms with Crippen molar-refractivity contribution in [1.82, 2.24) is 5.32 Å². The van der Waals surface area contributed by atoms with E-state index in [0.717, 1.165) is 20.1 Å². The zero-order chi connectivity index (χ0) is 21.8. The van der Waals surface area contributed by atoms with Gasteiger partial charge in [0.1, 0.15) is 12.4 Å². The first-order valence-corrected chi connectivity index (χ1v) is 12.0. The van der Waals surface area contributed by atoms with Crippen molar-refractivity contribution in [2.75, 3.05) is 0 Å². The van der Waals surface area contributed by atoms with E-state index < -0.39 is 0 Å². The molecule has 0 aliphatic carbocycles. The lowest BCUT2D eigenvalue weighted by atomic mass is 10.1. The number of hydrogen-bond acceptors (Lipinski definition) is 4. The minimum Gasteiger partial charge on any atom is -0.487 e. The molecule has 1 N–H and O–H groups in total. The highest BCUT2D eigenvalue weighted by Crippen LogP contribution is 2.37. The Labute approximate surface area is 206 Å². The normalized spacial score (nSPS) is 16.0. The van der Waals surface area contributed by atoms with Crippen LogP contribution in [-0.2, 0) is 11.4 Å². The molecule has 3 aromatic carbocycles. The van der Waals surface area contributed by atoms with Gasteiger partial charge in [-0.3, -0.25) is 4.79 Å². The molecule has 8 heteroatoms. The molecule has 3 aromatic rings. The van der Waals surface area contributed by atoms with Gasteiger partial charge in [-0.15, -0.1) is 0 Å². The highest BCUT2D eigenvalue weighted by molar-refractivity contribution is 9.11. The maximum atomic E-state index is 12.5. The number of nitrogens with one attached hydrogen (secondary N) is 1. The van der Waals surface area contributed by atoms with E-state index in [0.29, 0.717) is 33.1 Å². The summed E-state index contributed by atoms with van der Waals surface area (Å²) < 4.78 is 7.76. The first-order chi connectivity index (χ1) is 15.0. The summed E-state index contributed by atoms with van der Waals surface area (Å²) in [6.07, 6.45) is 1.81. The molecule has 1 heterocycles. The number of halogens is 3. The number of thioether (sulfide) groups is 1.